The first-order valence-corrected chi connectivity index (χ1v) is 20.0. The summed E-state index contributed by atoms with van der Waals surface area (Å²) < 4.78 is 35.8. The topological polar surface area (TPSA) is 144 Å². The van der Waals surface area contributed by atoms with Crippen LogP contribution in [0.5, 0.6) is 11.5 Å². The van der Waals surface area contributed by atoms with E-state index >= 15 is 0 Å². The van der Waals surface area contributed by atoms with Crippen molar-refractivity contribution in [2.45, 2.75) is 201 Å². The summed E-state index contributed by atoms with van der Waals surface area (Å²) in [6.07, 6.45) is 14.0. The molecule has 2 aliphatic rings. The fourth-order valence-corrected chi connectivity index (χ4v) is 7.83. The molecule has 300 valence electrons. The Balaban J connectivity index is 1.80. The van der Waals surface area contributed by atoms with Crippen molar-refractivity contribution in [2.24, 2.45) is 0 Å². The number of hydrogen-bond donors (Lipinski definition) is 1. The van der Waals surface area contributed by atoms with E-state index in [1.54, 1.807) is 6.92 Å². The molecule has 53 heavy (non-hydrogen) atoms. The number of carbonyl (C=O) groups is 4. The Morgan fingerprint density at radius 2 is 1.19 bits per heavy atom. The van der Waals surface area contributed by atoms with Crippen LogP contribution in [-0.2, 0) is 49.3 Å². The third-order valence-electron chi connectivity index (χ3n) is 10.7. The smallest absolute Gasteiger partial charge is 0.303 e. The highest BCUT2D eigenvalue weighted by atomic mass is 16.7. The van der Waals surface area contributed by atoms with Crippen LogP contribution in [0.2, 0.25) is 0 Å². The summed E-state index contributed by atoms with van der Waals surface area (Å²) in [6, 6.07) is 0. The molecule has 0 amide bonds. The van der Waals surface area contributed by atoms with Gasteiger partial charge in [0.2, 0.25) is 0 Å². The molecule has 0 bridgehead atoms. The van der Waals surface area contributed by atoms with E-state index in [-0.39, 0.29) is 12.4 Å². The first-order valence-electron chi connectivity index (χ1n) is 20.0. The summed E-state index contributed by atoms with van der Waals surface area (Å²) in [4.78, 5) is 49.2. The van der Waals surface area contributed by atoms with Gasteiger partial charge in [-0.15, -0.1) is 0 Å². The maximum absolute atomic E-state index is 12.6. The fraction of sp³-hybridized carbons (Fsp3) is 0.762. The van der Waals surface area contributed by atoms with Crippen molar-refractivity contribution in [2.75, 3.05) is 6.61 Å². The third-order valence-corrected chi connectivity index (χ3v) is 10.7. The van der Waals surface area contributed by atoms with E-state index in [0.29, 0.717) is 28.9 Å². The third kappa shape index (κ3) is 13.2. The molecule has 11 heteroatoms. The van der Waals surface area contributed by atoms with Gasteiger partial charge in [-0.1, -0.05) is 90.4 Å². The molecule has 2 aliphatic heterocycles. The molecule has 1 N–H and O–H groups in total. The van der Waals surface area contributed by atoms with Gasteiger partial charge < -0.3 is 33.5 Å². The van der Waals surface area contributed by atoms with Gasteiger partial charge in [0.15, 0.2) is 18.3 Å². The molecule has 0 saturated carbocycles. The molecule has 1 aromatic carbocycles. The number of phenolic OH excluding ortho intramolecular Hbond substituents is 1. The average Bonchev–Trinajstić information content (AvgIpc) is 3.08. The molecule has 1 fully saturated rings. The maximum atomic E-state index is 12.6. The van der Waals surface area contributed by atoms with Crippen LogP contribution in [0.25, 0.3) is 0 Å². The van der Waals surface area contributed by atoms with Gasteiger partial charge in [0, 0.05) is 44.4 Å². The Morgan fingerprint density at radius 3 is 1.70 bits per heavy atom. The number of unbranched alkanes of at least 4 members (excludes halogenated alkanes) is 13. The number of carbonyl (C=O) groups excluding carboxylic acids is 4. The van der Waals surface area contributed by atoms with Crippen molar-refractivity contribution < 1.29 is 52.7 Å². The van der Waals surface area contributed by atoms with E-state index in [1.807, 2.05) is 6.92 Å². The van der Waals surface area contributed by atoms with Crippen LogP contribution >= 0.6 is 0 Å². The highest BCUT2D eigenvalue weighted by molar-refractivity contribution is 5.69. The van der Waals surface area contributed by atoms with Crippen LogP contribution in [0.4, 0.5) is 0 Å². The van der Waals surface area contributed by atoms with E-state index in [9.17, 15) is 24.3 Å². The van der Waals surface area contributed by atoms with Crippen molar-refractivity contribution in [1.82, 2.24) is 0 Å². The number of aromatic hydroxyl groups is 1. The molecule has 0 aliphatic carbocycles. The molecule has 0 spiro atoms. The zero-order valence-corrected chi connectivity index (χ0v) is 33.6. The number of hydrogen-bond acceptors (Lipinski definition) is 11. The molecule has 1 saturated heterocycles. The molecule has 0 aromatic heterocycles. The highest BCUT2D eigenvalue weighted by Gasteiger charge is 2.54. The fourth-order valence-electron chi connectivity index (χ4n) is 7.83. The van der Waals surface area contributed by atoms with Crippen LogP contribution in [0.1, 0.15) is 173 Å². The second-order valence-corrected chi connectivity index (χ2v) is 15.3. The molecule has 3 rings (SSSR count). The SMILES string of the molecule is CCCCCCCCCCCCCCCCC1(C)CCc2c(C)c(O)c(C)c([C@@H]3O[C@H](COC(C)=O)[C@@H](OC(C)=O)[C@H](OC(C)=O)[C@H]3OC(C)=O)c2O1. The summed E-state index contributed by atoms with van der Waals surface area (Å²) in [6.45, 7) is 12.4. The maximum Gasteiger partial charge on any atom is 0.303 e. The van der Waals surface area contributed by atoms with Gasteiger partial charge in [-0.3, -0.25) is 19.2 Å². The number of rotatable bonds is 21. The lowest BCUT2D eigenvalue weighted by atomic mass is 9.81. The molecule has 6 atom stereocenters. The molecular weight excluding hydrogens is 680 g/mol. The van der Waals surface area contributed by atoms with Gasteiger partial charge in [0.25, 0.3) is 0 Å². The molecule has 1 aromatic rings. The Hall–Kier alpha value is -3.34. The number of ether oxygens (including phenoxy) is 6. The Morgan fingerprint density at radius 1 is 0.698 bits per heavy atom. The van der Waals surface area contributed by atoms with Crippen LogP contribution in [-0.4, -0.2) is 65.6 Å². The number of phenols is 1. The van der Waals surface area contributed by atoms with Gasteiger partial charge in [-0.25, -0.2) is 0 Å². The lowest BCUT2D eigenvalue weighted by Crippen LogP contribution is -2.59. The lowest BCUT2D eigenvalue weighted by Gasteiger charge is -2.46. The van der Waals surface area contributed by atoms with Crippen molar-refractivity contribution >= 4 is 23.9 Å². The standard InChI is InChI=1S/C42H66O11/c1-9-10-11-12-13-14-15-16-17-18-19-20-21-22-24-42(8)25-23-33-27(2)36(47)28(3)35(37(33)53-42)39-41(51-32(7)46)40(50-31(6)45)38(49-30(5)44)34(52-39)26-48-29(4)43/h34,38-41,47H,9-26H2,1-8H3/t34-,38-,39+,40+,41+,42?/m1/s1. The van der Waals surface area contributed by atoms with E-state index in [4.69, 9.17) is 28.4 Å². The number of benzene rings is 1. The van der Waals surface area contributed by atoms with Gasteiger partial charge in [-0.05, 0) is 52.0 Å². The predicted molar refractivity (Wildman–Crippen MR) is 201 cm³/mol. The van der Waals surface area contributed by atoms with Gasteiger partial charge in [0.1, 0.15) is 35.9 Å². The summed E-state index contributed by atoms with van der Waals surface area (Å²) >= 11 is 0. The zero-order chi connectivity index (χ0) is 39.1. The number of fused-ring (bicyclic) bond motifs is 1. The van der Waals surface area contributed by atoms with E-state index < -0.39 is 60.0 Å². The summed E-state index contributed by atoms with van der Waals surface area (Å²) in [5.74, 6) is -2.12. The average molecular weight is 747 g/mol. The minimum Gasteiger partial charge on any atom is -0.507 e. The summed E-state index contributed by atoms with van der Waals surface area (Å²) in [5, 5.41) is 11.4. The van der Waals surface area contributed by atoms with E-state index in [0.717, 1.165) is 31.2 Å². The monoisotopic (exact) mass is 746 g/mol. The van der Waals surface area contributed by atoms with Crippen LogP contribution in [0.3, 0.4) is 0 Å². The molecule has 2 heterocycles. The Bertz CT molecular complexity index is 1370. The van der Waals surface area contributed by atoms with Crippen molar-refractivity contribution in [3.05, 3.63) is 22.3 Å². The highest BCUT2D eigenvalue weighted by Crippen LogP contribution is 2.51. The Kier molecular flexibility index (Phi) is 17.9. The van der Waals surface area contributed by atoms with Gasteiger partial charge in [-0.2, -0.15) is 0 Å². The largest absolute Gasteiger partial charge is 0.507 e. The first kappa shape index (κ1) is 44.1. The minimum atomic E-state index is -1.33. The van der Waals surface area contributed by atoms with Gasteiger partial charge in [0.05, 0.1) is 0 Å². The quantitative estimate of drug-likeness (QED) is 0.0732. The van der Waals surface area contributed by atoms with Crippen molar-refractivity contribution in [1.29, 1.82) is 0 Å². The second kappa shape index (κ2) is 21.5. The van der Waals surface area contributed by atoms with Crippen LogP contribution in [0.15, 0.2) is 0 Å². The first-order chi connectivity index (χ1) is 25.2. The summed E-state index contributed by atoms with van der Waals surface area (Å²) in [5.41, 5.74) is 1.88. The molecule has 0 radical (unpaired) electrons. The molecule has 1 unspecified atom stereocenters. The Labute approximate surface area is 317 Å². The van der Waals surface area contributed by atoms with Crippen molar-refractivity contribution in [3.8, 4) is 11.5 Å². The minimum absolute atomic E-state index is 0.0470. The van der Waals surface area contributed by atoms with Crippen LogP contribution in [0, 0.1) is 13.8 Å². The normalized spacial score (nSPS) is 23.7. The zero-order valence-electron chi connectivity index (χ0n) is 33.6. The van der Waals surface area contributed by atoms with E-state index in [1.165, 1.54) is 105 Å². The van der Waals surface area contributed by atoms with Crippen LogP contribution < -0.4 is 4.74 Å². The summed E-state index contributed by atoms with van der Waals surface area (Å²) in [7, 11) is 0. The van der Waals surface area contributed by atoms with Gasteiger partial charge >= 0.3 is 23.9 Å². The molecule has 11 nitrogen and oxygen atoms in total. The number of esters is 4. The molecular formula is C42H66O11. The lowest BCUT2D eigenvalue weighted by molar-refractivity contribution is -0.254. The predicted octanol–water partition coefficient (Wildman–Crippen LogP) is 8.76. The van der Waals surface area contributed by atoms with E-state index in [2.05, 4.69) is 13.8 Å². The second-order valence-electron chi connectivity index (χ2n) is 15.3. The van der Waals surface area contributed by atoms with Crippen molar-refractivity contribution in [3.63, 3.8) is 0 Å².